The molecule has 0 spiro atoms. The summed E-state index contributed by atoms with van der Waals surface area (Å²) in [6.45, 7) is 0.128. The van der Waals surface area contributed by atoms with Gasteiger partial charge in [0, 0.05) is 24.3 Å². The zero-order valence-electron chi connectivity index (χ0n) is 16.6. The van der Waals surface area contributed by atoms with Gasteiger partial charge in [0.2, 0.25) is 10.0 Å². The van der Waals surface area contributed by atoms with Crippen LogP contribution >= 0.6 is 0 Å². The molecule has 0 saturated heterocycles. The van der Waals surface area contributed by atoms with E-state index in [1.165, 1.54) is 25.5 Å². The van der Waals surface area contributed by atoms with Gasteiger partial charge in [-0.1, -0.05) is 0 Å². The number of hydrogen-bond donors (Lipinski definition) is 3. The maximum Gasteiger partial charge on any atom is 0.291 e. The highest BCUT2D eigenvalue weighted by molar-refractivity contribution is 7.89. The van der Waals surface area contributed by atoms with Crippen LogP contribution in [0.2, 0.25) is 0 Å². The molecule has 0 saturated carbocycles. The van der Waals surface area contributed by atoms with Gasteiger partial charge in [-0.3, -0.25) is 9.59 Å². The van der Waals surface area contributed by atoms with E-state index in [4.69, 9.17) is 9.15 Å². The van der Waals surface area contributed by atoms with Crippen molar-refractivity contribution in [2.75, 3.05) is 25.5 Å². The van der Waals surface area contributed by atoms with Gasteiger partial charge in [0.05, 0.1) is 18.3 Å². The molecule has 0 bridgehead atoms. The summed E-state index contributed by atoms with van der Waals surface area (Å²) in [5, 5.41) is 5.29. The van der Waals surface area contributed by atoms with Crippen LogP contribution in [0.3, 0.4) is 0 Å². The summed E-state index contributed by atoms with van der Waals surface area (Å²) in [6.07, 6.45) is 1.40. The Balaban J connectivity index is 1.46. The van der Waals surface area contributed by atoms with Crippen LogP contribution in [0.1, 0.15) is 20.9 Å². The van der Waals surface area contributed by atoms with Gasteiger partial charge in [-0.25, -0.2) is 13.1 Å². The normalized spacial score (nSPS) is 11.0. The highest BCUT2D eigenvalue weighted by atomic mass is 32.2. The zero-order valence-corrected chi connectivity index (χ0v) is 17.4. The predicted molar refractivity (Wildman–Crippen MR) is 114 cm³/mol. The molecule has 10 heteroatoms. The number of carbonyl (C=O) groups is 2. The third-order valence-corrected chi connectivity index (χ3v) is 5.70. The molecular formula is C21H21N3O6S. The van der Waals surface area contributed by atoms with Crippen molar-refractivity contribution in [2.45, 2.75) is 4.90 Å². The molecule has 1 aromatic heterocycles. The average molecular weight is 443 g/mol. The van der Waals surface area contributed by atoms with Crippen LogP contribution in [0, 0.1) is 0 Å². The summed E-state index contributed by atoms with van der Waals surface area (Å²) in [4.78, 5) is 24.3. The van der Waals surface area contributed by atoms with E-state index in [0.29, 0.717) is 17.0 Å². The fourth-order valence-corrected chi connectivity index (χ4v) is 3.64. The van der Waals surface area contributed by atoms with Crippen LogP contribution in [0.5, 0.6) is 5.75 Å². The summed E-state index contributed by atoms with van der Waals surface area (Å²) in [6, 6.07) is 15.4. The van der Waals surface area contributed by atoms with E-state index in [9.17, 15) is 18.0 Å². The Kier molecular flexibility index (Phi) is 7.06. The summed E-state index contributed by atoms with van der Waals surface area (Å²) in [5.41, 5.74) is 0.874. The molecule has 31 heavy (non-hydrogen) atoms. The van der Waals surface area contributed by atoms with Crippen LogP contribution in [0.4, 0.5) is 5.69 Å². The minimum atomic E-state index is -3.69. The van der Waals surface area contributed by atoms with Crippen molar-refractivity contribution in [2.24, 2.45) is 0 Å². The standard InChI is InChI=1S/C21H21N3O6S/c1-29-17-8-10-18(11-9-17)31(27,28)23-13-12-22-20(25)15-4-6-16(7-5-15)24-21(26)19-3-2-14-30-19/h2-11,14,23H,12-13H2,1H3,(H,22,25)(H,24,26). The molecule has 0 fully saturated rings. The summed E-state index contributed by atoms with van der Waals surface area (Å²) in [5.74, 6) is -0.0319. The number of carbonyl (C=O) groups excluding carboxylic acids is 2. The lowest BCUT2D eigenvalue weighted by molar-refractivity contribution is 0.0953. The molecule has 3 rings (SSSR count). The molecule has 3 N–H and O–H groups in total. The van der Waals surface area contributed by atoms with Gasteiger partial charge in [0.1, 0.15) is 5.75 Å². The van der Waals surface area contributed by atoms with E-state index in [1.807, 2.05) is 0 Å². The molecular weight excluding hydrogens is 422 g/mol. The largest absolute Gasteiger partial charge is 0.497 e. The second-order valence-corrected chi connectivity index (χ2v) is 8.10. The molecule has 0 radical (unpaired) electrons. The van der Waals surface area contributed by atoms with Gasteiger partial charge in [-0.15, -0.1) is 0 Å². The lowest BCUT2D eigenvalue weighted by Gasteiger charge is -2.09. The third kappa shape index (κ3) is 5.93. The van der Waals surface area contributed by atoms with Crippen LogP contribution in [0.25, 0.3) is 0 Å². The van der Waals surface area contributed by atoms with Gasteiger partial charge in [0.15, 0.2) is 5.76 Å². The number of anilines is 1. The van der Waals surface area contributed by atoms with Crippen molar-refractivity contribution < 1.29 is 27.2 Å². The Morgan fingerprint density at radius 2 is 1.65 bits per heavy atom. The first-order valence-electron chi connectivity index (χ1n) is 9.26. The number of benzene rings is 2. The van der Waals surface area contributed by atoms with Crippen molar-refractivity contribution in [1.29, 1.82) is 0 Å². The van der Waals surface area contributed by atoms with Crippen LogP contribution in [-0.4, -0.2) is 40.4 Å². The summed E-state index contributed by atoms with van der Waals surface area (Å²) >= 11 is 0. The maximum absolute atomic E-state index is 12.3. The number of methoxy groups -OCH3 is 1. The lowest BCUT2D eigenvalue weighted by atomic mass is 10.2. The SMILES string of the molecule is COc1ccc(S(=O)(=O)NCCNC(=O)c2ccc(NC(=O)c3ccco3)cc2)cc1. The number of nitrogens with one attached hydrogen (secondary N) is 3. The molecule has 0 atom stereocenters. The fourth-order valence-electron chi connectivity index (χ4n) is 2.61. The summed E-state index contributed by atoms with van der Waals surface area (Å²) in [7, 11) is -2.19. The second kappa shape index (κ2) is 9.92. The first-order valence-corrected chi connectivity index (χ1v) is 10.7. The van der Waals surface area contributed by atoms with Crippen molar-refractivity contribution in [3.8, 4) is 5.75 Å². The highest BCUT2D eigenvalue weighted by Gasteiger charge is 2.14. The van der Waals surface area contributed by atoms with Gasteiger partial charge < -0.3 is 19.8 Å². The Hall–Kier alpha value is -3.63. The van der Waals surface area contributed by atoms with E-state index in [2.05, 4.69) is 15.4 Å². The van der Waals surface area contributed by atoms with Crippen molar-refractivity contribution >= 4 is 27.5 Å². The predicted octanol–water partition coefficient (Wildman–Crippen LogP) is 2.25. The van der Waals surface area contributed by atoms with Crippen molar-refractivity contribution in [3.05, 3.63) is 78.3 Å². The fraction of sp³-hybridized carbons (Fsp3) is 0.143. The first-order chi connectivity index (χ1) is 14.9. The van der Waals surface area contributed by atoms with Crippen LogP contribution in [-0.2, 0) is 10.0 Å². The zero-order chi connectivity index (χ0) is 22.3. The molecule has 3 aromatic rings. The molecule has 0 aliphatic carbocycles. The molecule has 9 nitrogen and oxygen atoms in total. The van der Waals surface area contributed by atoms with Crippen LogP contribution in [0.15, 0.2) is 76.2 Å². The smallest absolute Gasteiger partial charge is 0.291 e. The van der Waals surface area contributed by atoms with Crippen LogP contribution < -0.4 is 20.1 Å². The minimum Gasteiger partial charge on any atom is -0.497 e. The highest BCUT2D eigenvalue weighted by Crippen LogP contribution is 2.15. The molecule has 0 aliphatic heterocycles. The number of sulfonamides is 1. The van der Waals surface area contributed by atoms with E-state index in [0.717, 1.165) is 0 Å². The number of hydrogen-bond acceptors (Lipinski definition) is 6. The van der Waals surface area contributed by atoms with Gasteiger partial charge >= 0.3 is 0 Å². The first kappa shape index (κ1) is 22.1. The molecule has 162 valence electrons. The van der Waals surface area contributed by atoms with Crippen molar-refractivity contribution in [3.63, 3.8) is 0 Å². The molecule has 1 heterocycles. The van der Waals surface area contributed by atoms with E-state index in [1.54, 1.807) is 48.5 Å². The number of rotatable bonds is 9. The van der Waals surface area contributed by atoms with E-state index < -0.39 is 15.9 Å². The molecule has 2 amide bonds. The maximum atomic E-state index is 12.3. The topological polar surface area (TPSA) is 127 Å². The number of furan rings is 1. The van der Waals surface area contributed by atoms with Gasteiger partial charge in [-0.05, 0) is 60.7 Å². The summed E-state index contributed by atoms with van der Waals surface area (Å²) < 4.78 is 36.9. The van der Waals surface area contributed by atoms with Crippen molar-refractivity contribution in [1.82, 2.24) is 10.0 Å². The Morgan fingerprint density at radius 1 is 0.935 bits per heavy atom. The minimum absolute atomic E-state index is 0.0252. The van der Waals surface area contributed by atoms with E-state index >= 15 is 0 Å². The Morgan fingerprint density at radius 3 is 2.26 bits per heavy atom. The monoisotopic (exact) mass is 443 g/mol. The number of ether oxygens (including phenoxy) is 1. The molecule has 2 aromatic carbocycles. The van der Waals surface area contributed by atoms with Gasteiger partial charge in [0.25, 0.3) is 11.8 Å². The second-order valence-electron chi connectivity index (χ2n) is 6.34. The van der Waals surface area contributed by atoms with Gasteiger partial charge in [-0.2, -0.15) is 0 Å². The lowest BCUT2D eigenvalue weighted by Crippen LogP contribution is -2.34. The molecule has 0 unspecified atom stereocenters. The van der Waals surface area contributed by atoms with E-state index in [-0.39, 0.29) is 29.7 Å². The molecule has 0 aliphatic rings. The Bertz CT molecular complexity index is 1120. The number of amides is 2. The quantitative estimate of drug-likeness (QED) is 0.436. The average Bonchev–Trinajstić information content (AvgIpc) is 3.32. The third-order valence-electron chi connectivity index (χ3n) is 4.22. The Labute approximate surface area is 179 Å².